The molecule has 0 atom stereocenters. The highest BCUT2D eigenvalue weighted by Crippen LogP contribution is 2.32. The van der Waals surface area contributed by atoms with Crippen LogP contribution in [0.4, 0.5) is 0 Å². The number of thiazole rings is 1. The number of ether oxygens (including phenoxy) is 1. The van der Waals surface area contributed by atoms with Crippen molar-refractivity contribution in [2.45, 2.75) is 13.3 Å². The van der Waals surface area contributed by atoms with Gasteiger partial charge < -0.3 is 10.5 Å². The molecule has 0 radical (unpaired) electrons. The number of nitrogens with two attached hydrogens (primary N) is 1. The van der Waals surface area contributed by atoms with Gasteiger partial charge in [-0.2, -0.15) is 0 Å². The fraction of sp³-hybridized carbons (Fsp3) is 0.308. The minimum atomic E-state index is 0.625. The number of hydrogen-bond acceptors (Lipinski definition) is 4. The van der Waals surface area contributed by atoms with Crippen molar-refractivity contribution in [2.75, 3.05) is 13.7 Å². The van der Waals surface area contributed by atoms with Crippen LogP contribution in [0.15, 0.2) is 24.3 Å². The van der Waals surface area contributed by atoms with Crippen LogP contribution in [0.3, 0.4) is 0 Å². The first-order chi connectivity index (χ1) is 8.24. The molecule has 0 fully saturated rings. The molecule has 4 heteroatoms. The molecule has 17 heavy (non-hydrogen) atoms. The van der Waals surface area contributed by atoms with E-state index in [-0.39, 0.29) is 0 Å². The maximum absolute atomic E-state index is 5.61. The third kappa shape index (κ3) is 2.65. The monoisotopic (exact) mass is 248 g/mol. The summed E-state index contributed by atoms with van der Waals surface area (Å²) in [5.41, 5.74) is 7.85. The highest BCUT2D eigenvalue weighted by atomic mass is 32.1. The molecular weight excluding hydrogens is 232 g/mol. The molecule has 0 aliphatic heterocycles. The van der Waals surface area contributed by atoms with Gasteiger partial charge in [0.05, 0.1) is 22.7 Å². The highest BCUT2D eigenvalue weighted by Gasteiger charge is 2.10. The average Bonchev–Trinajstić information content (AvgIpc) is 2.71. The summed E-state index contributed by atoms with van der Waals surface area (Å²) in [4.78, 5) is 5.73. The van der Waals surface area contributed by atoms with Gasteiger partial charge in [0.1, 0.15) is 5.75 Å². The lowest BCUT2D eigenvalue weighted by Crippen LogP contribution is -2.03. The fourth-order valence-electron chi connectivity index (χ4n) is 1.77. The minimum Gasteiger partial charge on any atom is -0.497 e. The Labute approximate surface area is 105 Å². The van der Waals surface area contributed by atoms with Crippen LogP contribution in [-0.4, -0.2) is 18.6 Å². The molecule has 90 valence electrons. The van der Waals surface area contributed by atoms with Crippen LogP contribution in [0.1, 0.15) is 10.7 Å². The summed E-state index contributed by atoms with van der Waals surface area (Å²) in [6.07, 6.45) is 0.816. The summed E-state index contributed by atoms with van der Waals surface area (Å²) < 4.78 is 5.24. The molecule has 1 aromatic heterocycles. The zero-order chi connectivity index (χ0) is 12.3. The number of hydrogen-bond donors (Lipinski definition) is 1. The van der Waals surface area contributed by atoms with Gasteiger partial charge >= 0.3 is 0 Å². The van der Waals surface area contributed by atoms with Crippen molar-refractivity contribution in [2.24, 2.45) is 5.73 Å². The van der Waals surface area contributed by atoms with Crippen LogP contribution in [0.5, 0.6) is 5.75 Å². The van der Waals surface area contributed by atoms with E-state index >= 15 is 0 Å². The lowest BCUT2D eigenvalue weighted by Gasteiger charge is -2.04. The first-order valence-electron chi connectivity index (χ1n) is 5.55. The number of benzene rings is 1. The molecule has 0 aliphatic rings. The lowest BCUT2D eigenvalue weighted by molar-refractivity contribution is 0.415. The van der Waals surface area contributed by atoms with Gasteiger partial charge in [0.15, 0.2) is 0 Å². The Morgan fingerprint density at radius 3 is 2.94 bits per heavy atom. The van der Waals surface area contributed by atoms with Crippen LogP contribution in [0.2, 0.25) is 0 Å². The Bertz CT molecular complexity index is 508. The molecular formula is C13H16N2OS. The van der Waals surface area contributed by atoms with E-state index < -0.39 is 0 Å². The molecule has 0 saturated heterocycles. The SMILES string of the molecule is COc1cccc(-c2sc(C)nc2CCN)c1. The normalized spacial score (nSPS) is 10.5. The predicted molar refractivity (Wildman–Crippen MR) is 71.6 cm³/mol. The number of rotatable bonds is 4. The Kier molecular flexibility index (Phi) is 3.76. The van der Waals surface area contributed by atoms with Gasteiger partial charge in [-0.3, -0.25) is 0 Å². The third-order valence-electron chi connectivity index (χ3n) is 2.52. The molecule has 0 spiro atoms. The Hall–Kier alpha value is -1.39. The Morgan fingerprint density at radius 2 is 2.24 bits per heavy atom. The number of aromatic nitrogens is 1. The lowest BCUT2D eigenvalue weighted by atomic mass is 10.1. The van der Waals surface area contributed by atoms with Crippen LogP contribution >= 0.6 is 11.3 Å². The molecule has 2 aromatic rings. The van der Waals surface area contributed by atoms with Crippen molar-refractivity contribution >= 4 is 11.3 Å². The number of methoxy groups -OCH3 is 1. The second-order valence-electron chi connectivity index (χ2n) is 3.78. The van der Waals surface area contributed by atoms with E-state index in [0.717, 1.165) is 28.4 Å². The fourth-order valence-corrected chi connectivity index (χ4v) is 2.73. The predicted octanol–water partition coefficient (Wildman–Crippen LogP) is 2.63. The van der Waals surface area contributed by atoms with Crippen molar-refractivity contribution in [3.05, 3.63) is 35.0 Å². The first kappa shape index (κ1) is 12.1. The van der Waals surface area contributed by atoms with Gasteiger partial charge in [0, 0.05) is 6.42 Å². The molecule has 1 aromatic carbocycles. The Balaban J connectivity index is 2.43. The summed E-state index contributed by atoms with van der Waals surface area (Å²) in [7, 11) is 1.68. The minimum absolute atomic E-state index is 0.625. The molecule has 2 N–H and O–H groups in total. The van der Waals surface area contributed by atoms with Gasteiger partial charge in [-0.1, -0.05) is 12.1 Å². The zero-order valence-electron chi connectivity index (χ0n) is 10.1. The molecule has 0 bridgehead atoms. The third-order valence-corrected chi connectivity index (χ3v) is 3.58. The highest BCUT2D eigenvalue weighted by molar-refractivity contribution is 7.15. The number of aryl methyl sites for hydroxylation is 1. The topological polar surface area (TPSA) is 48.1 Å². The maximum Gasteiger partial charge on any atom is 0.119 e. The van der Waals surface area contributed by atoms with Crippen molar-refractivity contribution in [1.82, 2.24) is 4.98 Å². The van der Waals surface area contributed by atoms with E-state index in [1.165, 1.54) is 4.88 Å². The van der Waals surface area contributed by atoms with Gasteiger partial charge in [0.25, 0.3) is 0 Å². The second kappa shape index (κ2) is 5.29. The molecule has 3 nitrogen and oxygen atoms in total. The van der Waals surface area contributed by atoms with Crippen molar-refractivity contribution < 1.29 is 4.74 Å². The molecule has 1 heterocycles. The standard InChI is InChI=1S/C13H16N2OS/c1-9-15-12(6-7-14)13(17-9)10-4-3-5-11(8-10)16-2/h3-5,8H,6-7,14H2,1-2H3. The van der Waals surface area contributed by atoms with E-state index in [9.17, 15) is 0 Å². The summed E-state index contributed by atoms with van der Waals surface area (Å²) in [6.45, 7) is 2.65. The van der Waals surface area contributed by atoms with Crippen molar-refractivity contribution in [1.29, 1.82) is 0 Å². The Morgan fingerprint density at radius 1 is 1.41 bits per heavy atom. The van der Waals surface area contributed by atoms with E-state index in [0.29, 0.717) is 6.54 Å². The molecule has 0 unspecified atom stereocenters. The summed E-state index contributed by atoms with van der Waals surface area (Å²) in [5.74, 6) is 0.868. The van der Waals surface area contributed by atoms with Gasteiger partial charge in [0.2, 0.25) is 0 Å². The summed E-state index contributed by atoms with van der Waals surface area (Å²) >= 11 is 1.70. The van der Waals surface area contributed by atoms with Gasteiger partial charge in [-0.15, -0.1) is 11.3 Å². The number of nitrogens with zero attached hydrogens (tertiary/aromatic N) is 1. The quantitative estimate of drug-likeness (QED) is 0.904. The first-order valence-corrected chi connectivity index (χ1v) is 6.37. The van der Waals surface area contributed by atoms with Gasteiger partial charge in [-0.05, 0) is 31.2 Å². The van der Waals surface area contributed by atoms with E-state index in [1.54, 1.807) is 18.4 Å². The van der Waals surface area contributed by atoms with Crippen molar-refractivity contribution in [3.8, 4) is 16.2 Å². The van der Waals surface area contributed by atoms with Crippen LogP contribution in [0, 0.1) is 6.92 Å². The molecule has 0 amide bonds. The second-order valence-corrected chi connectivity index (χ2v) is 4.98. The largest absolute Gasteiger partial charge is 0.497 e. The van der Waals surface area contributed by atoms with Crippen LogP contribution in [-0.2, 0) is 6.42 Å². The van der Waals surface area contributed by atoms with Gasteiger partial charge in [-0.25, -0.2) is 4.98 Å². The summed E-state index contributed by atoms with van der Waals surface area (Å²) in [5, 5.41) is 1.08. The van der Waals surface area contributed by atoms with E-state index in [1.807, 2.05) is 25.1 Å². The van der Waals surface area contributed by atoms with E-state index in [4.69, 9.17) is 10.5 Å². The van der Waals surface area contributed by atoms with Crippen molar-refractivity contribution in [3.63, 3.8) is 0 Å². The van der Waals surface area contributed by atoms with Crippen LogP contribution in [0.25, 0.3) is 10.4 Å². The molecule has 2 rings (SSSR count). The summed E-state index contributed by atoms with van der Waals surface area (Å²) in [6, 6.07) is 8.05. The smallest absolute Gasteiger partial charge is 0.119 e. The maximum atomic E-state index is 5.61. The van der Waals surface area contributed by atoms with E-state index in [2.05, 4.69) is 11.1 Å². The van der Waals surface area contributed by atoms with Crippen LogP contribution < -0.4 is 10.5 Å². The molecule has 0 saturated carbocycles. The average molecular weight is 248 g/mol. The zero-order valence-corrected chi connectivity index (χ0v) is 10.9. The molecule has 0 aliphatic carbocycles.